The largest absolute Gasteiger partial charge is 1.00 e. The van der Waals surface area contributed by atoms with E-state index in [4.69, 9.17) is 0 Å². The Bertz CT molecular complexity index is 29.3. The van der Waals surface area contributed by atoms with E-state index in [9.17, 15) is 0 Å². The zero-order valence-corrected chi connectivity index (χ0v) is 8.80. The standard InChI is InChI=1S/C5H11.ClH.Zn/c1-4-5(2)3;;/h5H,1,4H2,2-3H3;1H;/q;;+1/p-1. The molecule has 0 aliphatic heterocycles. The molecule has 0 aliphatic carbocycles. The molecule has 0 aliphatic rings. The third-order valence-electron chi connectivity index (χ3n) is 0.781. The van der Waals surface area contributed by atoms with Crippen LogP contribution in [0.3, 0.4) is 0 Å². The Kier molecular flexibility index (Phi) is 10.7. The van der Waals surface area contributed by atoms with Crippen LogP contribution in [-0.2, 0) is 18.3 Å². The average molecular weight is 172 g/mol. The molecule has 0 saturated carbocycles. The van der Waals surface area contributed by atoms with E-state index in [1.807, 2.05) is 0 Å². The molecule has 0 nitrogen and oxygen atoms in total. The van der Waals surface area contributed by atoms with E-state index in [1.165, 1.54) is 29.7 Å². The number of hydrogen-bond acceptors (Lipinski definition) is 0. The number of hydrogen-bond donors (Lipinski definition) is 0. The maximum Gasteiger partial charge on any atom is -1.00 e. The summed E-state index contributed by atoms with van der Waals surface area (Å²) in [4.78, 5) is 0. The van der Waals surface area contributed by atoms with E-state index in [-0.39, 0.29) is 12.4 Å². The maximum atomic E-state index is 2.27. The normalized spacial score (nSPS) is 8.71. The summed E-state index contributed by atoms with van der Waals surface area (Å²) in [6.07, 6.45) is 1.43. The Balaban J connectivity index is 0. The molecule has 0 bridgehead atoms. The van der Waals surface area contributed by atoms with Crippen molar-refractivity contribution in [1.29, 1.82) is 0 Å². The van der Waals surface area contributed by atoms with Gasteiger partial charge in [-0.25, -0.2) is 0 Å². The van der Waals surface area contributed by atoms with Gasteiger partial charge in [-0.05, 0) is 0 Å². The molecule has 7 heavy (non-hydrogen) atoms. The Labute approximate surface area is 62.2 Å². The summed E-state index contributed by atoms with van der Waals surface area (Å²) in [5.74, 6) is 0.929. The minimum atomic E-state index is 0. The van der Waals surface area contributed by atoms with Gasteiger partial charge >= 0.3 is 49.5 Å². The Morgan fingerprint density at radius 1 is 1.43 bits per heavy atom. The fraction of sp³-hybridized carbons (Fsp3) is 1.00. The van der Waals surface area contributed by atoms with E-state index >= 15 is 0 Å². The second-order valence-electron chi connectivity index (χ2n) is 2.04. The molecule has 0 aromatic carbocycles. The molecule has 0 heterocycles. The quantitative estimate of drug-likeness (QED) is 0.468. The van der Waals surface area contributed by atoms with E-state index in [0.717, 1.165) is 5.92 Å². The molecule has 0 spiro atoms. The fourth-order valence-electron chi connectivity index (χ4n) is 0.408. The third-order valence-corrected chi connectivity index (χ3v) is 1.64. The molecule has 0 radical (unpaired) electrons. The molecule has 0 aromatic heterocycles. The van der Waals surface area contributed by atoms with E-state index in [2.05, 4.69) is 13.8 Å². The zero-order chi connectivity index (χ0) is 4.99. The summed E-state index contributed by atoms with van der Waals surface area (Å²) >= 11 is 1.47. The molecule has 0 aromatic rings. The monoisotopic (exact) mass is 170 g/mol. The van der Waals surface area contributed by atoms with Crippen LogP contribution < -0.4 is 12.4 Å². The van der Waals surface area contributed by atoms with Crippen molar-refractivity contribution in [2.24, 2.45) is 5.92 Å². The van der Waals surface area contributed by atoms with Crippen molar-refractivity contribution in [3.8, 4) is 0 Å². The van der Waals surface area contributed by atoms with Crippen LogP contribution in [0, 0.1) is 5.92 Å². The molecule has 0 fully saturated rings. The van der Waals surface area contributed by atoms with E-state index in [0.29, 0.717) is 0 Å². The van der Waals surface area contributed by atoms with Crippen LogP contribution in [0.4, 0.5) is 0 Å². The van der Waals surface area contributed by atoms with Crippen LogP contribution in [0.25, 0.3) is 0 Å². The predicted molar refractivity (Wildman–Crippen MR) is 24.3 cm³/mol. The second kappa shape index (κ2) is 6.91. The maximum absolute atomic E-state index is 2.27. The van der Waals surface area contributed by atoms with Crippen LogP contribution in [0.2, 0.25) is 5.02 Å². The zero-order valence-electron chi connectivity index (χ0n) is 5.08. The topological polar surface area (TPSA) is 0 Å². The third kappa shape index (κ3) is 10.9. The van der Waals surface area contributed by atoms with Gasteiger partial charge in [-0.1, -0.05) is 0 Å². The van der Waals surface area contributed by atoms with Gasteiger partial charge in [-0.2, -0.15) is 0 Å². The smallest absolute Gasteiger partial charge is 1.00 e. The molecular weight excluding hydrogens is 161 g/mol. The van der Waals surface area contributed by atoms with Gasteiger partial charge in [0.05, 0.1) is 0 Å². The van der Waals surface area contributed by atoms with Crippen molar-refractivity contribution < 1.29 is 30.7 Å². The van der Waals surface area contributed by atoms with Gasteiger partial charge in [0.15, 0.2) is 0 Å². The first kappa shape index (κ1) is 10.8. The summed E-state index contributed by atoms with van der Waals surface area (Å²) in [5, 5.41) is 1.46. The molecule has 0 unspecified atom stereocenters. The minimum absolute atomic E-state index is 0. The molecule has 0 saturated heterocycles. The van der Waals surface area contributed by atoms with Gasteiger partial charge < -0.3 is 12.4 Å². The van der Waals surface area contributed by atoms with E-state index < -0.39 is 0 Å². The Morgan fingerprint density at radius 3 is 1.86 bits per heavy atom. The molecule has 0 amide bonds. The van der Waals surface area contributed by atoms with Gasteiger partial charge in [0, 0.05) is 0 Å². The van der Waals surface area contributed by atoms with Gasteiger partial charge in [0.1, 0.15) is 0 Å². The first-order valence-electron chi connectivity index (χ1n) is 2.56. The number of rotatable bonds is 2. The molecule has 2 heteroatoms. The molecule has 40 valence electrons. The van der Waals surface area contributed by atoms with Gasteiger partial charge in [-0.3, -0.25) is 0 Å². The SMILES string of the molecule is CC(C)C[CH2][Zn+].[Cl-]. The fourth-order valence-corrected chi connectivity index (χ4v) is 2.12. The summed E-state index contributed by atoms with van der Waals surface area (Å²) in [6.45, 7) is 4.55. The summed E-state index contributed by atoms with van der Waals surface area (Å²) in [6, 6.07) is 0. The molecule has 0 rings (SSSR count). The van der Waals surface area contributed by atoms with Crippen molar-refractivity contribution in [2.75, 3.05) is 0 Å². The molecular formula is C5H11ClZn. The van der Waals surface area contributed by atoms with Crippen LogP contribution in [-0.4, -0.2) is 0 Å². The van der Waals surface area contributed by atoms with Crippen molar-refractivity contribution in [3.05, 3.63) is 0 Å². The van der Waals surface area contributed by atoms with Gasteiger partial charge in [-0.15, -0.1) is 0 Å². The minimum Gasteiger partial charge on any atom is -1.00 e. The molecule has 0 atom stereocenters. The summed E-state index contributed by atoms with van der Waals surface area (Å²) < 4.78 is 0. The predicted octanol–water partition coefficient (Wildman–Crippen LogP) is -0.998. The second-order valence-corrected chi connectivity index (χ2v) is 3.52. The van der Waals surface area contributed by atoms with Crippen LogP contribution in [0.1, 0.15) is 20.3 Å². The van der Waals surface area contributed by atoms with Gasteiger partial charge in [0.2, 0.25) is 0 Å². The number of halogens is 1. The average Bonchev–Trinajstić information content (AvgIpc) is 1.35. The summed E-state index contributed by atoms with van der Waals surface area (Å²) in [5.41, 5.74) is 0. The molecule has 0 N–H and O–H groups in total. The van der Waals surface area contributed by atoms with Crippen LogP contribution >= 0.6 is 0 Å². The Hall–Kier alpha value is 0.913. The van der Waals surface area contributed by atoms with E-state index in [1.54, 1.807) is 0 Å². The van der Waals surface area contributed by atoms with Crippen molar-refractivity contribution in [3.63, 3.8) is 0 Å². The van der Waals surface area contributed by atoms with Crippen LogP contribution in [0.5, 0.6) is 0 Å². The van der Waals surface area contributed by atoms with Crippen molar-refractivity contribution in [2.45, 2.75) is 25.3 Å². The van der Waals surface area contributed by atoms with Crippen LogP contribution in [0.15, 0.2) is 0 Å². The van der Waals surface area contributed by atoms with Crippen molar-refractivity contribution in [1.82, 2.24) is 0 Å². The summed E-state index contributed by atoms with van der Waals surface area (Å²) in [7, 11) is 0. The first-order valence-corrected chi connectivity index (χ1v) is 4.66. The first-order chi connectivity index (χ1) is 2.77. The Morgan fingerprint density at radius 2 is 1.86 bits per heavy atom. The van der Waals surface area contributed by atoms with Gasteiger partial charge in [0.25, 0.3) is 0 Å². The van der Waals surface area contributed by atoms with Crippen molar-refractivity contribution >= 4 is 0 Å².